The maximum atomic E-state index is 13.5. The highest BCUT2D eigenvalue weighted by Gasteiger charge is 2.38. The standard InChI is InChI=1S/C29H36N4O3S/c1-21-5-9-23(10-6-21)29(35)33-16-13-24(18-27(33)28(34)31-15-14-30)32(20-26-4-3-17-37-26)19-22-7-11-25(36-2)12-8-22/h3-12,17,24,27H,13-16,18-20,30H2,1-2H3,(H,31,34)/t24?,27-/m1/s1. The van der Waals surface area contributed by atoms with Gasteiger partial charge in [-0.2, -0.15) is 0 Å². The van der Waals surface area contributed by atoms with Gasteiger partial charge >= 0.3 is 0 Å². The van der Waals surface area contributed by atoms with Crippen LogP contribution in [0.4, 0.5) is 0 Å². The molecule has 0 saturated carbocycles. The van der Waals surface area contributed by atoms with Crippen molar-refractivity contribution < 1.29 is 14.3 Å². The molecule has 1 saturated heterocycles. The molecule has 8 heteroatoms. The molecule has 0 spiro atoms. The quantitative estimate of drug-likeness (QED) is 0.424. The minimum Gasteiger partial charge on any atom is -0.497 e. The van der Waals surface area contributed by atoms with Gasteiger partial charge in [0.2, 0.25) is 5.91 Å². The summed E-state index contributed by atoms with van der Waals surface area (Å²) in [6.45, 7) is 4.79. The van der Waals surface area contributed by atoms with Crippen molar-refractivity contribution in [2.45, 2.75) is 44.9 Å². The molecule has 0 bridgehead atoms. The highest BCUT2D eigenvalue weighted by Crippen LogP contribution is 2.28. The fraction of sp³-hybridized carbons (Fsp3) is 0.379. The summed E-state index contributed by atoms with van der Waals surface area (Å²) in [5, 5.41) is 5.02. The number of nitrogens with one attached hydrogen (secondary N) is 1. The Hall–Kier alpha value is -3.20. The van der Waals surface area contributed by atoms with Gasteiger partial charge in [-0.15, -0.1) is 11.3 Å². The summed E-state index contributed by atoms with van der Waals surface area (Å²) < 4.78 is 5.32. The van der Waals surface area contributed by atoms with E-state index in [-0.39, 0.29) is 17.9 Å². The number of piperidine rings is 1. The summed E-state index contributed by atoms with van der Waals surface area (Å²) in [6.07, 6.45) is 1.36. The molecule has 1 aliphatic rings. The minimum atomic E-state index is -0.555. The first kappa shape index (κ1) is 26.9. The predicted octanol–water partition coefficient (Wildman–Crippen LogP) is 3.82. The number of methoxy groups -OCH3 is 1. The number of benzene rings is 2. The molecule has 3 aromatic rings. The second-order valence-electron chi connectivity index (χ2n) is 9.47. The van der Waals surface area contributed by atoms with Gasteiger partial charge in [0.05, 0.1) is 7.11 Å². The fourth-order valence-electron chi connectivity index (χ4n) is 4.83. The van der Waals surface area contributed by atoms with Crippen molar-refractivity contribution in [2.75, 3.05) is 26.7 Å². The van der Waals surface area contributed by atoms with E-state index in [2.05, 4.69) is 39.9 Å². The van der Waals surface area contributed by atoms with E-state index >= 15 is 0 Å². The van der Waals surface area contributed by atoms with Gasteiger partial charge < -0.3 is 20.7 Å². The third kappa shape index (κ3) is 6.97. The number of aryl methyl sites for hydroxylation is 1. The summed E-state index contributed by atoms with van der Waals surface area (Å²) in [4.78, 5) is 32.2. The Bertz CT molecular complexity index is 1150. The Kier molecular flexibility index (Phi) is 9.33. The summed E-state index contributed by atoms with van der Waals surface area (Å²) >= 11 is 1.73. The molecule has 0 aliphatic carbocycles. The third-order valence-electron chi connectivity index (χ3n) is 6.88. The average molecular weight is 521 g/mol. The van der Waals surface area contributed by atoms with Crippen LogP contribution in [0, 0.1) is 6.92 Å². The number of amides is 2. The maximum Gasteiger partial charge on any atom is 0.254 e. The topological polar surface area (TPSA) is 87.9 Å². The molecule has 1 fully saturated rings. The number of ether oxygens (including phenoxy) is 1. The van der Waals surface area contributed by atoms with Crippen LogP contribution in [0.15, 0.2) is 66.0 Å². The van der Waals surface area contributed by atoms with E-state index < -0.39 is 6.04 Å². The molecule has 2 amide bonds. The number of likely N-dealkylation sites (tertiary alicyclic amines) is 1. The molecule has 1 aliphatic heterocycles. The lowest BCUT2D eigenvalue weighted by Crippen LogP contribution is -2.57. The molecule has 3 N–H and O–H groups in total. The molecule has 196 valence electrons. The van der Waals surface area contributed by atoms with Gasteiger partial charge in [0.15, 0.2) is 0 Å². The number of nitrogens with two attached hydrogens (primary N) is 1. The van der Waals surface area contributed by atoms with Crippen LogP contribution < -0.4 is 15.8 Å². The number of carbonyl (C=O) groups excluding carboxylic acids is 2. The Morgan fingerprint density at radius 1 is 1.11 bits per heavy atom. The highest BCUT2D eigenvalue weighted by molar-refractivity contribution is 7.09. The molecule has 37 heavy (non-hydrogen) atoms. The molecule has 7 nitrogen and oxygen atoms in total. The average Bonchev–Trinajstić information content (AvgIpc) is 3.44. The molecule has 2 heterocycles. The van der Waals surface area contributed by atoms with Crippen molar-refractivity contribution in [3.05, 3.63) is 87.6 Å². The Balaban J connectivity index is 1.57. The number of hydrogen-bond donors (Lipinski definition) is 2. The van der Waals surface area contributed by atoms with E-state index in [0.29, 0.717) is 31.6 Å². The molecule has 1 unspecified atom stereocenters. The van der Waals surface area contributed by atoms with Crippen molar-refractivity contribution in [3.63, 3.8) is 0 Å². The van der Waals surface area contributed by atoms with Crippen LogP contribution >= 0.6 is 11.3 Å². The van der Waals surface area contributed by atoms with Crippen molar-refractivity contribution in [3.8, 4) is 5.75 Å². The SMILES string of the molecule is COc1ccc(CN(Cc2cccs2)C2CCN(C(=O)c3ccc(C)cc3)[C@@H](C(=O)NCCN)C2)cc1. The second kappa shape index (κ2) is 12.9. The summed E-state index contributed by atoms with van der Waals surface area (Å²) in [6, 6.07) is 19.5. The summed E-state index contributed by atoms with van der Waals surface area (Å²) in [5.41, 5.74) is 8.53. The van der Waals surface area contributed by atoms with E-state index in [4.69, 9.17) is 10.5 Å². The van der Waals surface area contributed by atoms with Crippen molar-refractivity contribution in [1.29, 1.82) is 0 Å². The van der Waals surface area contributed by atoms with Crippen molar-refractivity contribution >= 4 is 23.2 Å². The zero-order chi connectivity index (χ0) is 26.2. The molecule has 1 aromatic heterocycles. The van der Waals surface area contributed by atoms with Crippen LogP contribution in [0.25, 0.3) is 0 Å². The van der Waals surface area contributed by atoms with Crippen LogP contribution in [0.2, 0.25) is 0 Å². The van der Waals surface area contributed by atoms with Gasteiger partial charge in [-0.25, -0.2) is 0 Å². The number of thiophene rings is 1. The highest BCUT2D eigenvalue weighted by atomic mass is 32.1. The van der Waals surface area contributed by atoms with Crippen LogP contribution in [-0.2, 0) is 17.9 Å². The molecule has 2 aromatic carbocycles. The van der Waals surface area contributed by atoms with Crippen LogP contribution in [0.5, 0.6) is 5.75 Å². The van der Waals surface area contributed by atoms with Gasteiger partial charge in [-0.05, 0) is 61.0 Å². The van der Waals surface area contributed by atoms with Crippen LogP contribution in [0.1, 0.15) is 39.2 Å². The normalized spacial score (nSPS) is 17.6. The lowest BCUT2D eigenvalue weighted by atomic mass is 9.93. The van der Waals surface area contributed by atoms with Gasteiger partial charge in [-0.1, -0.05) is 35.9 Å². The monoisotopic (exact) mass is 520 g/mol. The first-order valence-electron chi connectivity index (χ1n) is 12.7. The van der Waals surface area contributed by atoms with Gasteiger partial charge in [-0.3, -0.25) is 14.5 Å². The van der Waals surface area contributed by atoms with E-state index in [0.717, 1.165) is 30.8 Å². The second-order valence-corrected chi connectivity index (χ2v) is 10.5. The van der Waals surface area contributed by atoms with E-state index in [9.17, 15) is 9.59 Å². The van der Waals surface area contributed by atoms with E-state index in [1.54, 1.807) is 23.3 Å². The Morgan fingerprint density at radius 2 is 1.86 bits per heavy atom. The zero-order valence-electron chi connectivity index (χ0n) is 21.6. The first-order chi connectivity index (χ1) is 18.0. The lowest BCUT2D eigenvalue weighted by molar-refractivity contribution is -0.127. The van der Waals surface area contributed by atoms with Gasteiger partial charge in [0, 0.05) is 49.2 Å². The minimum absolute atomic E-state index is 0.105. The van der Waals surface area contributed by atoms with Crippen molar-refractivity contribution in [1.82, 2.24) is 15.1 Å². The largest absolute Gasteiger partial charge is 0.497 e. The molecule has 4 rings (SSSR count). The van der Waals surface area contributed by atoms with Crippen LogP contribution in [0.3, 0.4) is 0 Å². The zero-order valence-corrected chi connectivity index (χ0v) is 22.4. The number of nitrogens with zero attached hydrogens (tertiary/aromatic N) is 2. The fourth-order valence-corrected chi connectivity index (χ4v) is 5.56. The molecule has 0 radical (unpaired) electrons. The summed E-state index contributed by atoms with van der Waals surface area (Å²) in [7, 11) is 1.67. The van der Waals surface area contributed by atoms with E-state index in [1.807, 2.05) is 43.3 Å². The van der Waals surface area contributed by atoms with Gasteiger partial charge in [0.1, 0.15) is 11.8 Å². The summed E-state index contributed by atoms with van der Waals surface area (Å²) in [5.74, 6) is 0.579. The van der Waals surface area contributed by atoms with Crippen molar-refractivity contribution in [2.24, 2.45) is 5.73 Å². The lowest BCUT2D eigenvalue weighted by Gasteiger charge is -2.43. The van der Waals surface area contributed by atoms with E-state index in [1.165, 1.54) is 10.4 Å². The molecule has 2 atom stereocenters. The smallest absolute Gasteiger partial charge is 0.254 e. The molecular weight excluding hydrogens is 484 g/mol. The first-order valence-corrected chi connectivity index (χ1v) is 13.6. The Morgan fingerprint density at radius 3 is 2.51 bits per heavy atom. The Labute approximate surface area is 223 Å². The maximum absolute atomic E-state index is 13.5. The van der Waals surface area contributed by atoms with Gasteiger partial charge in [0.25, 0.3) is 5.91 Å². The van der Waals surface area contributed by atoms with Crippen LogP contribution in [-0.4, -0.2) is 60.4 Å². The molecular formula is C29H36N4O3S. The number of rotatable bonds is 10. The predicted molar refractivity (Wildman–Crippen MR) is 148 cm³/mol. The number of hydrogen-bond acceptors (Lipinski definition) is 6. The number of carbonyl (C=O) groups is 2. The third-order valence-corrected chi connectivity index (χ3v) is 7.74.